The third kappa shape index (κ3) is 3.45. The second-order valence-corrected chi connectivity index (χ2v) is 4.30. The number of carbonyl (C=O) groups excluding carboxylic acids is 1. The van der Waals surface area contributed by atoms with Crippen molar-refractivity contribution in [2.24, 2.45) is 0 Å². The molecule has 0 saturated carbocycles. The zero-order valence-corrected chi connectivity index (χ0v) is 10.5. The molecule has 1 aliphatic heterocycles. The van der Waals surface area contributed by atoms with Crippen LogP contribution in [0.15, 0.2) is 18.2 Å². The van der Waals surface area contributed by atoms with Crippen LogP contribution in [0.5, 0.6) is 5.75 Å². The van der Waals surface area contributed by atoms with Crippen molar-refractivity contribution in [3.8, 4) is 5.75 Å². The van der Waals surface area contributed by atoms with Gasteiger partial charge >= 0.3 is 5.97 Å². The Hall–Kier alpha value is -2.08. The first-order valence-electron chi connectivity index (χ1n) is 5.95. The number of anilines is 1. The molecule has 1 heterocycles. The summed E-state index contributed by atoms with van der Waals surface area (Å²) in [5.74, 6) is -0.973. The molecule has 6 heteroatoms. The summed E-state index contributed by atoms with van der Waals surface area (Å²) in [7, 11) is 0. The van der Waals surface area contributed by atoms with Crippen molar-refractivity contribution >= 4 is 17.6 Å². The van der Waals surface area contributed by atoms with Crippen LogP contribution in [-0.2, 0) is 9.53 Å². The van der Waals surface area contributed by atoms with E-state index in [1.807, 2.05) is 0 Å². The average Bonchev–Trinajstić information content (AvgIpc) is 2.83. The highest BCUT2D eigenvalue weighted by atomic mass is 16.5. The molecule has 0 radical (unpaired) electrons. The van der Waals surface area contributed by atoms with Gasteiger partial charge in [0.25, 0.3) is 0 Å². The van der Waals surface area contributed by atoms with Gasteiger partial charge in [-0.15, -0.1) is 0 Å². The van der Waals surface area contributed by atoms with Crippen molar-refractivity contribution in [1.29, 1.82) is 0 Å². The van der Waals surface area contributed by atoms with Crippen LogP contribution in [0.1, 0.15) is 23.7 Å². The molecular weight excluding hydrogens is 250 g/mol. The highest BCUT2D eigenvalue weighted by molar-refractivity contribution is 6.00. The van der Waals surface area contributed by atoms with Gasteiger partial charge in [0.2, 0.25) is 5.91 Å². The van der Waals surface area contributed by atoms with Gasteiger partial charge in [0.1, 0.15) is 11.9 Å². The van der Waals surface area contributed by atoms with E-state index in [4.69, 9.17) is 14.6 Å². The summed E-state index contributed by atoms with van der Waals surface area (Å²) in [6.45, 7) is 2.49. The molecule has 1 atom stereocenters. The minimum Gasteiger partial charge on any atom is -0.488 e. The maximum absolute atomic E-state index is 11.2. The first kappa shape index (κ1) is 13.4. The van der Waals surface area contributed by atoms with Gasteiger partial charge in [-0.3, -0.25) is 4.79 Å². The summed E-state index contributed by atoms with van der Waals surface area (Å²) in [5, 5.41) is 11.6. The molecule has 1 aromatic carbocycles. The van der Waals surface area contributed by atoms with E-state index in [-0.39, 0.29) is 23.3 Å². The van der Waals surface area contributed by atoms with E-state index in [1.165, 1.54) is 19.1 Å². The van der Waals surface area contributed by atoms with E-state index in [1.54, 1.807) is 6.07 Å². The molecule has 6 nitrogen and oxygen atoms in total. The van der Waals surface area contributed by atoms with Crippen LogP contribution in [0.3, 0.4) is 0 Å². The van der Waals surface area contributed by atoms with Crippen molar-refractivity contribution in [1.82, 2.24) is 0 Å². The Kier molecular flexibility index (Phi) is 4.01. The fourth-order valence-corrected chi connectivity index (χ4v) is 1.87. The van der Waals surface area contributed by atoms with Crippen LogP contribution >= 0.6 is 0 Å². The molecule has 1 saturated heterocycles. The lowest BCUT2D eigenvalue weighted by molar-refractivity contribution is -0.114. The third-order valence-corrected chi connectivity index (χ3v) is 2.72. The summed E-state index contributed by atoms with van der Waals surface area (Å²) in [6, 6.07) is 4.57. The number of aromatic carboxylic acids is 1. The summed E-state index contributed by atoms with van der Waals surface area (Å²) >= 11 is 0. The Labute approximate surface area is 110 Å². The Morgan fingerprint density at radius 1 is 1.47 bits per heavy atom. The second-order valence-electron chi connectivity index (χ2n) is 4.30. The predicted octanol–water partition coefficient (Wildman–Crippen LogP) is 1.51. The molecule has 0 aromatic heterocycles. The quantitative estimate of drug-likeness (QED) is 0.862. The molecule has 1 fully saturated rings. The van der Waals surface area contributed by atoms with Gasteiger partial charge in [0.15, 0.2) is 0 Å². The Balaban J connectivity index is 2.19. The molecule has 1 aliphatic rings. The molecule has 19 heavy (non-hydrogen) atoms. The van der Waals surface area contributed by atoms with E-state index in [0.29, 0.717) is 19.0 Å². The number of rotatable bonds is 4. The van der Waals surface area contributed by atoms with E-state index >= 15 is 0 Å². The maximum atomic E-state index is 11.2. The molecule has 102 valence electrons. The monoisotopic (exact) mass is 265 g/mol. The van der Waals surface area contributed by atoms with Crippen LogP contribution < -0.4 is 10.1 Å². The molecule has 1 aromatic rings. The number of hydrogen-bond acceptors (Lipinski definition) is 4. The SMILES string of the molecule is CC(=O)Nc1ccc(OC2CCOC2)cc1C(=O)O. The summed E-state index contributed by atoms with van der Waals surface area (Å²) in [5.41, 5.74) is 0.265. The van der Waals surface area contributed by atoms with E-state index in [2.05, 4.69) is 5.32 Å². The standard InChI is InChI=1S/C13H15NO5/c1-8(15)14-12-3-2-9(6-11(12)13(16)17)19-10-4-5-18-7-10/h2-3,6,10H,4-5,7H2,1H3,(H,14,15)(H,16,17). The number of nitrogens with one attached hydrogen (secondary N) is 1. The van der Waals surface area contributed by atoms with Gasteiger partial charge in [0.05, 0.1) is 24.5 Å². The number of carboxylic acid groups (broad SMARTS) is 1. The predicted molar refractivity (Wildman–Crippen MR) is 67.6 cm³/mol. The third-order valence-electron chi connectivity index (χ3n) is 2.72. The Bertz CT molecular complexity index is 494. The molecule has 1 unspecified atom stereocenters. The molecule has 0 bridgehead atoms. The van der Waals surface area contributed by atoms with Crippen LogP contribution in [0.2, 0.25) is 0 Å². The number of amides is 1. The summed E-state index contributed by atoms with van der Waals surface area (Å²) in [4.78, 5) is 22.2. The zero-order chi connectivity index (χ0) is 13.8. The Morgan fingerprint density at radius 3 is 2.84 bits per heavy atom. The van der Waals surface area contributed by atoms with Gasteiger partial charge in [-0.25, -0.2) is 4.79 Å². The lowest BCUT2D eigenvalue weighted by atomic mass is 10.1. The summed E-state index contributed by atoms with van der Waals surface area (Å²) < 4.78 is 10.8. The fraction of sp³-hybridized carbons (Fsp3) is 0.385. The van der Waals surface area contributed by atoms with Crippen molar-refractivity contribution in [2.45, 2.75) is 19.4 Å². The van der Waals surface area contributed by atoms with Crippen LogP contribution in [-0.4, -0.2) is 36.3 Å². The summed E-state index contributed by atoms with van der Waals surface area (Å²) in [6.07, 6.45) is 0.740. The maximum Gasteiger partial charge on any atom is 0.337 e. The number of hydrogen-bond donors (Lipinski definition) is 2. The number of carbonyl (C=O) groups is 2. The lowest BCUT2D eigenvalue weighted by Crippen LogP contribution is -2.16. The van der Waals surface area contributed by atoms with E-state index < -0.39 is 5.97 Å². The normalized spacial score (nSPS) is 18.1. The molecule has 1 amide bonds. The minimum absolute atomic E-state index is 0.00613. The van der Waals surface area contributed by atoms with Crippen molar-refractivity contribution < 1.29 is 24.2 Å². The fourth-order valence-electron chi connectivity index (χ4n) is 1.87. The number of ether oxygens (including phenoxy) is 2. The van der Waals surface area contributed by atoms with Crippen molar-refractivity contribution in [3.05, 3.63) is 23.8 Å². The molecular formula is C13H15NO5. The van der Waals surface area contributed by atoms with Crippen LogP contribution in [0, 0.1) is 0 Å². The van der Waals surface area contributed by atoms with E-state index in [0.717, 1.165) is 6.42 Å². The lowest BCUT2D eigenvalue weighted by Gasteiger charge is -2.14. The molecule has 2 rings (SSSR count). The average molecular weight is 265 g/mol. The molecule has 0 aliphatic carbocycles. The van der Waals surface area contributed by atoms with Gasteiger partial charge in [-0.2, -0.15) is 0 Å². The molecule has 2 N–H and O–H groups in total. The first-order chi connectivity index (χ1) is 9.06. The van der Waals surface area contributed by atoms with Crippen molar-refractivity contribution in [2.75, 3.05) is 18.5 Å². The number of carboxylic acids is 1. The molecule has 0 spiro atoms. The van der Waals surface area contributed by atoms with Gasteiger partial charge < -0.3 is 19.9 Å². The largest absolute Gasteiger partial charge is 0.488 e. The zero-order valence-electron chi connectivity index (χ0n) is 10.5. The Morgan fingerprint density at radius 2 is 2.26 bits per heavy atom. The highest BCUT2D eigenvalue weighted by Gasteiger charge is 2.19. The second kappa shape index (κ2) is 5.71. The van der Waals surface area contributed by atoms with Crippen molar-refractivity contribution in [3.63, 3.8) is 0 Å². The number of benzene rings is 1. The first-order valence-corrected chi connectivity index (χ1v) is 5.95. The van der Waals surface area contributed by atoms with Crippen LogP contribution in [0.4, 0.5) is 5.69 Å². The van der Waals surface area contributed by atoms with Crippen LogP contribution in [0.25, 0.3) is 0 Å². The topological polar surface area (TPSA) is 84.9 Å². The highest BCUT2D eigenvalue weighted by Crippen LogP contribution is 2.24. The van der Waals surface area contributed by atoms with E-state index in [9.17, 15) is 9.59 Å². The van der Waals surface area contributed by atoms with Gasteiger partial charge in [0, 0.05) is 13.3 Å². The van der Waals surface area contributed by atoms with Gasteiger partial charge in [-0.1, -0.05) is 0 Å². The minimum atomic E-state index is -1.11. The smallest absolute Gasteiger partial charge is 0.337 e. The van der Waals surface area contributed by atoms with Gasteiger partial charge in [-0.05, 0) is 18.2 Å².